The van der Waals surface area contributed by atoms with E-state index >= 15 is 0 Å². The SMILES string of the molecule is CCCCCCCCCCC[C@H](CC(=O)OCc1ccccc1)OC(C)=O. The van der Waals surface area contributed by atoms with Crippen LogP contribution < -0.4 is 0 Å². The Bertz CT molecular complexity index is 512. The van der Waals surface area contributed by atoms with Crippen molar-refractivity contribution in [3.8, 4) is 0 Å². The second-order valence-electron chi connectivity index (χ2n) is 7.20. The van der Waals surface area contributed by atoms with Gasteiger partial charge in [0.1, 0.15) is 12.7 Å². The Morgan fingerprint density at radius 3 is 2.07 bits per heavy atom. The molecule has 4 nitrogen and oxygen atoms in total. The molecular weight excluding hydrogens is 340 g/mol. The van der Waals surface area contributed by atoms with Gasteiger partial charge >= 0.3 is 11.9 Å². The van der Waals surface area contributed by atoms with E-state index in [0.717, 1.165) is 24.8 Å². The van der Waals surface area contributed by atoms with Crippen molar-refractivity contribution in [2.24, 2.45) is 0 Å². The van der Waals surface area contributed by atoms with Crippen molar-refractivity contribution in [1.29, 1.82) is 0 Å². The average Bonchev–Trinajstić information content (AvgIpc) is 2.65. The number of carbonyl (C=O) groups is 2. The van der Waals surface area contributed by atoms with Gasteiger partial charge in [-0.3, -0.25) is 9.59 Å². The molecule has 0 aromatic heterocycles. The van der Waals surface area contributed by atoms with Crippen LogP contribution in [0.2, 0.25) is 0 Å². The largest absolute Gasteiger partial charge is 0.462 e. The minimum atomic E-state index is -0.379. The number of unbranched alkanes of at least 4 members (excludes halogenated alkanes) is 8. The third-order valence-electron chi connectivity index (χ3n) is 4.60. The molecule has 1 aromatic carbocycles. The van der Waals surface area contributed by atoms with E-state index in [1.54, 1.807) is 0 Å². The molecule has 0 bridgehead atoms. The molecule has 0 aliphatic heterocycles. The van der Waals surface area contributed by atoms with Gasteiger partial charge in [-0.15, -0.1) is 0 Å². The summed E-state index contributed by atoms with van der Waals surface area (Å²) in [6.45, 7) is 3.88. The monoisotopic (exact) mass is 376 g/mol. The number of carbonyl (C=O) groups excluding carboxylic acids is 2. The van der Waals surface area contributed by atoms with Gasteiger partial charge in [-0.25, -0.2) is 0 Å². The van der Waals surface area contributed by atoms with Crippen molar-refractivity contribution in [1.82, 2.24) is 0 Å². The lowest BCUT2D eigenvalue weighted by molar-refractivity contribution is -0.154. The summed E-state index contributed by atoms with van der Waals surface area (Å²) >= 11 is 0. The van der Waals surface area contributed by atoms with Crippen LogP contribution in [0, 0.1) is 0 Å². The van der Waals surface area contributed by atoms with Crippen LogP contribution in [0.25, 0.3) is 0 Å². The first-order valence-corrected chi connectivity index (χ1v) is 10.5. The summed E-state index contributed by atoms with van der Waals surface area (Å²) in [5.74, 6) is -0.659. The summed E-state index contributed by atoms with van der Waals surface area (Å²) in [4.78, 5) is 23.4. The predicted octanol–water partition coefficient (Wildman–Crippen LogP) is 5.97. The highest BCUT2D eigenvalue weighted by Gasteiger charge is 2.17. The molecule has 1 atom stereocenters. The molecule has 1 rings (SSSR count). The minimum absolute atomic E-state index is 0.128. The predicted molar refractivity (Wildman–Crippen MR) is 108 cm³/mol. The Hall–Kier alpha value is -1.84. The van der Waals surface area contributed by atoms with Crippen LogP contribution in [0.3, 0.4) is 0 Å². The van der Waals surface area contributed by atoms with Crippen LogP contribution in [0.5, 0.6) is 0 Å². The molecule has 1 aromatic rings. The summed E-state index contributed by atoms with van der Waals surface area (Å²) in [6.07, 6.45) is 11.6. The van der Waals surface area contributed by atoms with Gasteiger partial charge in [0.15, 0.2) is 0 Å². The lowest BCUT2D eigenvalue weighted by atomic mass is 10.0. The quantitative estimate of drug-likeness (QED) is 0.279. The Kier molecular flexibility index (Phi) is 13.1. The van der Waals surface area contributed by atoms with Crippen LogP contribution in [-0.4, -0.2) is 18.0 Å². The molecule has 0 aliphatic rings. The van der Waals surface area contributed by atoms with Crippen molar-refractivity contribution < 1.29 is 19.1 Å². The normalized spacial score (nSPS) is 11.8. The fourth-order valence-corrected chi connectivity index (χ4v) is 3.10. The highest BCUT2D eigenvalue weighted by Crippen LogP contribution is 2.15. The summed E-state index contributed by atoms with van der Waals surface area (Å²) in [6, 6.07) is 9.58. The molecule has 27 heavy (non-hydrogen) atoms. The van der Waals surface area contributed by atoms with Gasteiger partial charge in [0.05, 0.1) is 6.42 Å². The van der Waals surface area contributed by atoms with Crippen LogP contribution in [0.4, 0.5) is 0 Å². The average molecular weight is 377 g/mol. The number of hydrogen-bond acceptors (Lipinski definition) is 4. The third kappa shape index (κ3) is 13.0. The van der Waals surface area contributed by atoms with Gasteiger partial charge in [0, 0.05) is 6.92 Å². The number of ether oxygens (including phenoxy) is 2. The number of rotatable bonds is 15. The maximum Gasteiger partial charge on any atom is 0.309 e. The Morgan fingerprint density at radius 1 is 0.889 bits per heavy atom. The van der Waals surface area contributed by atoms with Crippen LogP contribution in [0.15, 0.2) is 30.3 Å². The second-order valence-corrected chi connectivity index (χ2v) is 7.20. The Morgan fingerprint density at radius 2 is 1.48 bits per heavy atom. The highest BCUT2D eigenvalue weighted by atomic mass is 16.6. The van der Waals surface area contributed by atoms with Crippen LogP contribution in [-0.2, 0) is 25.7 Å². The molecule has 0 spiro atoms. The summed E-state index contributed by atoms with van der Waals surface area (Å²) in [5, 5.41) is 0. The van der Waals surface area contributed by atoms with Gasteiger partial charge < -0.3 is 9.47 Å². The van der Waals surface area contributed by atoms with Crippen LogP contribution in [0.1, 0.15) is 90.0 Å². The first-order chi connectivity index (χ1) is 13.1. The van der Waals surface area contributed by atoms with Gasteiger partial charge in [-0.05, 0) is 18.4 Å². The Balaban J connectivity index is 2.19. The van der Waals surface area contributed by atoms with Crippen molar-refractivity contribution in [3.63, 3.8) is 0 Å². The topological polar surface area (TPSA) is 52.6 Å². The van der Waals surface area contributed by atoms with Crippen LogP contribution >= 0.6 is 0 Å². The van der Waals surface area contributed by atoms with Gasteiger partial charge in [-0.2, -0.15) is 0 Å². The van der Waals surface area contributed by atoms with E-state index in [9.17, 15) is 9.59 Å². The fourth-order valence-electron chi connectivity index (χ4n) is 3.10. The number of benzene rings is 1. The molecular formula is C23H36O4. The molecule has 0 amide bonds. The first-order valence-electron chi connectivity index (χ1n) is 10.5. The molecule has 0 fully saturated rings. The van der Waals surface area contributed by atoms with E-state index in [0.29, 0.717) is 0 Å². The molecule has 0 N–H and O–H groups in total. The van der Waals surface area contributed by atoms with Crippen molar-refractivity contribution in [3.05, 3.63) is 35.9 Å². The van der Waals surface area contributed by atoms with Crippen molar-refractivity contribution in [2.75, 3.05) is 0 Å². The molecule has 4 heteroatoms. The smallest absolute Gasteiger partial charge is 0.309 e. The van der Waals surface area contributed by atoms with Gasteiger partial charge in [0.25, 0.3) is 0 Å². The van der Waals surface area contributed by atoms with E-state index < -0.39 is 0 Å². The summed E-state index contributed by atoms with van der Waals surface area (Å²) < 4.78 is 10.6. The van der Waals surface area contributed by atoms with E-state index in [1.165, 1.54) is 51.9 Å². The van der Waals surface area contributed by atoms with Crippen molar-refractivity contribution >= 4 is 11.9 Å². The molecule has 0 saturated carbocycles. The molecule has 0 aliphatic carbocycles. The lowest BCUT2D eigenvalue weighted by Crippen LogP contribution is -2.21. The zero-order valence-electron chi connectivity index (χ0n) is 17.1. The zero-order chi connectivity index (χ0) is 19.7. The minimum Gasteiger partial charge on any atom is -0.462 e. The number of esters is 2. The lowest BCUT2D eigenvalue weighted by Gasteiger charge is -2.16. The fraction of sp³-hybridized carbons (Fsp3) is 0.652. The maximum absolute atomic E-state index is 12.1. The van der Waals surface area contributed by atoms with Gasteiger partial charge in [-0.1, -0.05) is 88.6 Å². The van der Waals surface area contributed by atoms with E-state index in [2.05, 4.69) is 6.92 Å². The van der Waals surface area contributed by atoms with E-state index in [4.69, 9.17) is 9.47 Å². The van der Waals surface area contributed by atoms with Gasteiger partial charge in [0.2, 0.25) is 0 Å². The second kappa shape index (κ2) is 15.2. The summed E-state index contributed by atoms with van der Waals surface area (Å²) in [7, 11) is 0. The molecule has 0 radical (unpaired) electrons. The third-order valence-corrected chi connectivity index (χ3v) is 4.60. The molecule has 0 heterocycles. The molecule has 152 valence electrons. The molecule has 0 unspecified atom stereocenters. The first kappa shape index (κ1) is 23.2. The van der Waals surface area contributed by atoms with E-state index in [1.807, 2.05) is 30.3 Å². The standard InChI is InChI=1S/C23H36O4/c1-3-4-5-6-7-8-9-10-14-17-22(27-20(2)24)18-23(25)26-19-21-15-12-11-13-16-21/h11-13,15-16,22H,3-10,14,17-19H2,1-2H3/t22-/m1/s1. The summed E-state index contributed by atoms with van der Waals surface area (Å²) in [5.41, 5.74) is 0.953. The Labute approximate surface area is 164 Å². The van der Waals surface area contributed by atoms with Crippen molar-refractivity contribution in [2.45, 2.75) is 97.2 Å². The zero-order valence-corrected chi connectivity index (χ0v) is 17.1. The highest BCUT2D eigenvalue weighted by molar-refractivity contribution is 5.71. The maximum atomic E-state index is 12.1. The number of hydrogen-bond donors (Lipinski definition) is 0. The van der Waals surface area contributed by atoms with E-state index in [-0.39, 0.29) is 31.1 Å². The molecule has 0 saturated heterocycles.